The standard InChI is InChI=1S/C33H36N2O5/c1-5-38-31-18-23(12-15-30(31)40-21(4)36)33-32-28(34-26-8-6-7-9-27(26)35-33)16-24(17-29(32)37)22-10-13-25(14-11-22)39-19-20(2)3/h6-15,18,20,24,33-35H,5,16-17,19H2,1-4H3. The van der Waals surface area contributed by atoms with E-state index in [0.29, 0.717) is 49.0 Å². The number of allylic oxidation sites excluding steroid dienone is 1. The summed E-state index contributed by atoms with van der Waals surface area (Å²) in [7, 11) is 0. The third-order valence-electron chi connectivity index (χ3n) is 7.10. The number of ether oxygens (including phenoxy) is 3. The second-order valence-corrected chi connectivity index (χ2v) is 10.7. The number of ketones is 1. The van der Waals surface area contributed by atoms with Crippen molar-refractivity contribution in [2.24, 2.45) is 5.92 Å². The molecule has 0 saturated heterocycles. The zero-order chi connectivity index (χ0) is 28.2. The number of esters is 1. The lowest BCUT2D eigenvalue weighted by Gasteiger charge is -2.30. The molecular weight excluding hydrogens is 504 g/mol. The number of Topliss-reactive ketones (excluding diaryl/α,β-unsaturated/α-hetero) is 1. The summed E-state index contributed by atoms with van der Waals surface area (Å²) in [5.41, 5.74) is 5.41. The number of fused-ring (bicyclic) bond motifs is 1. The van der Waals surface area contributed by atoms with Crippen molar-refractivity contribution in [3.05, 3.63) is 89.1 Å². The summed E-state index contributed by atoms with van der Waals surface area (Å²) < 4.78 is 17.0. The summed E-state index contributed by atoms with van der Waals surface area (Å²) in [6.07, 6.45) is 1.11. The molecule has 5 rings (SSSR count). The molecule has 2 N–H and O–H groups in total. The quantitative estimate of drug-likeness (QED) is 0.234. The third kappa shape index (κ3) is 5.98. The Bertz CT molecular complexity index is 1430. The zero-order valence-corrected chi connectivity index (χ0v) is 23.5. The van der Waals surface area contributed by atoms with E-state index in [4.69, 9.17) is 14.2 Å². The second kappa shape index (κ2) is 11.9. The van der Waals surface area contributed by atoms with Crippen molar-refractivity contribution in [3.63, 3.8) is 0 Å². The number of benzene rings is 3. The number of para-hydroxylation sites is 2. The number of anilines is 2. The highest BCUT2D eigenvalue weighted by molar-refractivity contribution is 6.01. The molecule has 208 valence electrons. The molecule has 2 atom stereocenters. The summed E-state index contributed by atoms with van der Waals surface area (Å²) in [6, 6.07) is 21.2. The van der Waals surface area contributed by atoms with E-state index in [9.17, 15) is 9.59 Å². The van der Waals surface area contributed by atoms with Gasteiger partial charge in [-0.25, -0.2) is 0 Å². The molecule has 1 aliphatic carbocycles. The lowest BCUT2D eigenvalue weighted by Crippen LogP contribution is -2.27. The van der Waals surface area contributed by atoms with Crippen LogP contribution in [0.2, 0.25) is 0 Å². The minimum atomic E-state index is -0.419. The minimum absolute atomic E-state index is 0.0501. The third-order valence-corrected chi connectivity index (χ3v) is 7.10. The maximum absolute atomic E-state index is 13.9. The average Bonchev–Trinajstić information content (AvgIpc) is 3.10. The Balaban J connectivity index is 1.51. The van der Waals surface area contributed by atoms with Gasteiger partial charge >= 0.3 is 5.97 Å². The van der Waals surface area contributed by atoms with E-state index in [0.717, 1.165) is 33.9 Å². The Morgan fingerprint density at radius 1 is 0.925 bits per heavy atom. The normalized spacial score (nSPS) is 18.2. The number of hydrogen-bond acceptors (Lipinski definition) is 7. The molecule has 3 aromatic rings. The van der Waals surface area contributed by atoms with E-state index >= 15 is 0 Å². The van der Waals surface area contributed by atoms with Crippen LogP contribution in [0.25, 0.3) is 0 Å². The van der Waals surface area contributed by atoms with Gasteiger partial charge in [-0.15, -0.1) is 0 Å². The molecule has 2 aliphatic rings. The first-order chi connectivity index (χ1) is 19.3. The highest BCUT2D eigenvalue weighted by Crippen LogP contribution is 2.45. The van der Waals surface area contributed by atoms with Crippen molar-refractivity contribution in [3.8, 4) is 17.2 Å². The molecule has 7 heteroatoms. The molecule has 0 amide bonds. The van der Waals surface area contributed by atoms with Gasteiger partial charge in [-0.1, -0.05) is 44.2 Å². The molecule has 0 saturated carbocycles. The molecular formula is C33H36N2O5. The zero-order valence-electron chi connectivity index (χ0n) is 23.5. The molecule has 0 spiro atoms. The van der Waals surface area contributed by atoms with Gasteiger partial charge in [-0.3, -0.25) is 9.59 Å². The highest BCUT2D eigenvalue weighted by Gasteiger charge is 2.36. The lowest BCUT2D eigenvalue weighted by atomic mass is 9.78. The van der Waals surface area contributed by atoms with Crippen molar-refractivity contribution in [1.29, 1.82) is 0 Å². The summed E-state index contributed by atoms with van der Waals surface area (Å²) in [5, 5.41) is 7.18. The summed E-state index contributed by atoms with van der Waals surface area (Å²) in [6.45, 7) is 8.57. The van der Waals surface area contributed by atoms with E-state index < -0.39 is 12.0 Å². The van der Waals surface area contributed by atoms with Crippen LogP contribution in [0.4, 0.5) is 11.4 Å². The summed E-state index contributed by atoms with van der Waals surface area (Å²) in [5.74, 6) is 1.83. The van der Waals surface area contributed by atoms with Crippen LogP contribution in [0.3, 0.4) is 0 Å². The van der Waals surface area contributed by atoms with Gasteiger partial charge in [0.25, 0.3) is 0 Å². The molecule has 40 heavy (non-hydrogen) atoms. The van der Waals surface area contributed by atoms with E-state index in [2.05, 4.69) is 36.6 Å². The Hall–Kier alpha value is -4.26. The molecule has 0 radical (unpaired) electrons. The first-order valence-corrected chi connectivity index (χ1v) is 13.9. The van der Waals surface area contributed by atoms with E-state index in [1.165, 1.54) is 6.92 Å². The fourth-order valence-electron chi connectivity index (χ4n) is 5.29. The number of rotatable bonds is 8. The van der Waals surface area contributed by atoms with Crippen LogP contribution in [0.1, 0.15) is 63.6 Å². The smallest absolute Gasteiger partial charge is 0.308 e. The Morgan fingerprint density at radius 2 is 1.65 bits per heavy atom. The average molecular weight is 541 g/mol. The highest BCUT2D eigenvalue weighted by atomic mass is 16.6. The van der Waals surface area contributed by atoms with Crippen LogP contribution in [0, 0.1) is 5.92 Å². The minimum Gasteiger partial charge on any atom is -0.493 e. The first kappa shape index (κ1) is 27.3. The van der Waals surface area contributed by atoms with Gasteiger partial charge in [-0.2, -0.15) is 0 Å². The van der Waals surface area contributed by atoms with Gasteiger partial charge in [0.15, 0.2) is 17.3 Å². The molecule has 1 aliphatic heterocycles. The second-order valence-electron chi connectivity index (χ2n) is 10.7. The van der Waals surface area contributed by atoms with Crippen molar-refractivity contribution < 1.29 is 23.8 Å². The Labute approximate surface area is 235 Å². The van der Waals surface area contributed by atoms with Crippen molar-refractivity contribution >= 4 is 23.1 Å². The maximum atomic E-state index is 13.9. The fraction of sp³-hybridized carbons (Fsp3) is 0.333. The van der Waals surface area contributed by atoms with Crippen LogP contribution in [0.15, 0.2) is 78.0 Å². The number of hydrogen-bond donors (Lipinski definition) is 2. The monoisotopic (exact) mass is 540 g/mol. The number of carbonyl (C=O) groups is 2. The predicted octanol–water partition coefficient (Wildman–Crippen LogP) is 7.02. The molecule has 2 unspecified atom stereocenters. The molecule has 1 heterocycles. The van der Waals surface area contributed by atoms with Crippen molar-refractivity contribution in [1.82, 2.24) is 0 Å². The molecule has 0 aromatic heterocycles. The molecule has 0 fully saturated rings. The Morgan fingerprint density at radius 3 is 2.35 bits per heavy atom. The maximum Gasteiger partial charge on any atom is 0.308 e. The van der Waals surface area contributed by atoms with Crippen LogP contribution in [-0.4, -0.2) is 25.0 Å². The topological polar surface area (TPSA) is 85.9 Å². The van der Waals surface area contributed by atoms with Gasteiger partial charge in [0, 0.05) is 24.6 Å². The lowest BCUT2D eigenvalue weighted by molar-refractivity contribution is -0.132. The number of carbonyl (C=O) groups excluding carboxylic acids is 2. The van der Waals surface area contributed by atoms with E-state index in [-0.39, 0.29) is 11.7 Å². The van der Waals surface area contributed by atoms with Gasteiger partial charge in [0.2, 0.25) is 0 Å². The van der Waals surface area contributed by atoms with Crippen molar-refractivity contribution in [2.45, 2.75) is 52.5 Å². The Kier molecular flexibility index (Phi) is 8.10. The summed E-state index contributed by atoms with van der Waals surface area (Å²) >= 11 is 0. The van der Waals surface area contributed by atoms with E-state index in [1.807, 2.05) is 55.5 Å². The first-order valence-electron chi connectivity index (χ1n) is 13.9. The van der Waals surface area contributed by atoms with Crippen LogP contribution in [0.5, 0.6) is 17.2 Å². The van der Waals surface area contributed by atoms with E-state index in [1.54, 1.807) is 6.07 Å². The van der Waals surface area contributed by atoms with Crippen LogP contribution in [-0.2, 0) is 9.59 Å². The van der Waals surface area contributed by atoms with Gasteiger partial charge in [0.05, 0.1) is 30.6 Å². The largest absolute Gasteiger partial charge is 0.493 e. The number of nitrogens with one attached hydrogen (secondary N) is 2. The predicted molar refractivity (Wildman–Crippen MR) is 156 cm³/mol. The van der Waals surface area contributed by atoms with Gasteiger partial charge < -0.3 is 24.8 Å². The van der Waals surface area contributed by atoms with Gasteiger partial charge in [0.1, 0.15) is 5.75 Å². The van der Waals surface area contributed by atoms with Crippen LogP contribution < -0.4 is 24.8 Å². The SMILES string of the molecule is CCOc1cc(C2Nc3ccccc3NC3=C2C(=O)CC(c2ccc(OCC(C)C)cc2)C3)ccc1OC(C)=O. The fourth-order valence-corrected chi connectivity index (χ4v) is 5.29. The summed E-state index contributed by atoms with van der Waals surface area (Å²) in [4.78, 5) is 25.5. The van der Waals surface area contributed by atoms with Gasteiger partial charge in [-0.05, 0) is 72.7 Å². The molecule has 0 bridgehead atoms. The molecule has 3 aromatic carbocycles. The van der Waals surface area contributed by atoms with Crippen LogP contribution >= 0.6 is 0 Å². The van der Waals surface area contributed by atoms with Crippen molar-refractivity contribution in [2.75, 3.05) is 23.8 Å². The molecule has 7 nitrogen and oxygen atoms in total.